The molecule has 1 atom stereocenters. The number of fused-ring (bicyclic) bond motifs is 3. The predicted octanol–water partition coefficient (Wildman–Crippen LogP) is 6.78. The summed E-state index contributed by atoms with van der Waals surface area (Å²) in [7, 11) is 1.21. The second-order valence-electron chi connectivity index (χ2n) is 9.44. The fourth-order valence-electron chi connectivity index (χ4n) is 4.88. The number of likely N-dealkylation sites (N-methyl/N-ethyl adjacent to an activating group) is 1. The number of nitrogens with zero attached hydrogens (tertiary/aromatic N) is 1. The lowest BCUT2D eigenvalue weighted by molar-refractivity contribution is -0.140. The van der Waals surface area contributed by atoms with Crippen molar-refractivity contribution in [3.05, 3.63) is 125 Å². The number of halogens is 5. The first kappa shape index (κ1) is 27.8. The van der Waals surface area contributed by atoms with Crippen molar-refractivity contribution in [2.45, 2.75) is 18.4 Å². The number of ether oxygens (including phenoxy) is 2. The third-order valence-corrected chi connectivity index (χ3v) is 7.01. The van der Waals surface area contributed by atoms with E-state index >= 15 is 0 Å². The highest BCUT2D eigenvalue weighted by atomic mass is 19.2. The summed E-state index contributed by atoms with van der Waals surface area (Å²) in [5.41, 5.74) is 4.45. The Morgan fingerprint density at radius 1 is 0.732 bits per heavy atom. The highest BCUT2D eigenvalue weighted by molar-refractivity contribution is 5.83. The average molecular weight is 568 g/mol. The van der Waals surface area contributed by atoms with E-state index in [1.807, 2.05) is 48.5 Å². The van der Waals surface area contributed by atoms with Crippen LogP contribution in [0.2, 0.25) is 0 Å². The van der Waals surface area contributed by atoms with E-state index in [-0.39, 0.29) is 18.9 Å². The Kier molecular flexibility index (Phi) is 7.74. The highest BCUT2D eigenvalue weighted by Gasteiger charge is 2.35. The Bertz CT molecular complexity index is 1550. The molecule has 0 saturated carbocycles. The zero-order valence-corrected chi connectivity index (χ0v) is 21.5. The van der Waals surface area contributed by atoms with E-state index < -0.39 is 52.9 Å². The minimum absolute atomic E-state index is 0.0814. The molecule has 5 rings (SSSR count). The van der Waals surface area contributed by atoms with Gasteiger partial charge in [0.2, 0.25) is 34.8 Å². The van der Waals surface area contributed by atoms with Crippen molar-refractivity contribution in [1.29, 1.82) is 0 Å². The Hall–Kier alpha value is -4.73. The summed E-state index contributed by atoms with van der Waals surface area (Å²) >= 11 is 0. The zero-order valence-electron chi connectivity index (χ0n) is 21.5. The first-order valence-electron chi connectivity index (χ1n) is 12.5. The molecule has 4 aromatic rings. The van der Waals surface area contributed by atoms with Crippen molar-refractivity contribution >= 4 is 12.1 Å². The summed E-state index contributed by atoms with van der Waals surface area (Å²) in [5.74, 6) is -15.0. The molecule has 41 heavy (non-hydrogen) atoms. The van der Waals surface area contributed by atoms with Crippen LogP contribution in [0.1, 0.15) is 22.6 Å². The van der Waals surface area contributed by atoms with Crippen LogP contribution in [0.15, 0.2) is 78.9 Å². The van der Waals surface area contributed by atoms with E-state index in [4.69, 9.17) is 4.74 Å². The number of carbonyl (C=O) groups is 2. The van der Waals surface area contributed by atoms with E-state index in [1.165, 1.54) is 7.05 Å². The molecule has 0 bridgehead atoms. The molecule has 210 valence electrons. The third kappa shape index (κ3) is 5.25. The number of rotatable bonds is 7. The van der Waals surface area contributed by atoms with E-state index in [9.17, 15) is 31.5 Å². The fourth-order valence-corrected chi connectivity index (χ4v) is 4.88. The van der Waals surface area contributed by atoms with E-state index in [1.54, 1.807) is 30.3 Å². The number of benzene rings is 4. The second-order valence-corrected chi connectivity index (χ2v) is 9.44. The lowest BCUT2D eigenvalue weighted by Gasteiger charge is -2.27. The molecule has 5 nitrogen and oxygen atoms in total. The van der Waals surface area contributed by atoms with Gasteiger partial charge in [-0.25, -0.2) is 22.8 Å². The molecule has 0 spiro atoms. The first-order chi connectivity index (χ1) is 19.7. The lowest BCUT2D eigenvalue weighted by Crippen LogP contribution is -2.46. The van der Waals surface area contributed by atoms with Gasteiger partial charge in [0.05, 0.1) is 0 Å². The normalized spacial score (nSPS) is 12.8. The molecular weight excluding hydrogens is 545 g/mol. The van der Waals surface area contributed by atoms with Crippen LogP contribution in [0.5, 0.6) is 5.75 Å². The Labute approximate surface area is 231 Å². The van der Waals surface area contributed by atoms with Gasteiger partial charge in [-0.2, -0.15) is 8.78 Å². The van der Waals surface area contributed by atoms with Gasteiger partial charge in [-0.15, -0.1) is 0 Å². The minimum Gasteiger partial charge on any atom is -0.448 e. The van der Waals surface area contributed by atoms with Crippen molar-refractivity contribution in [2.75, 3.05) is 13.7 Å². The van der Waals surface area contributed by atoms with Gasteiger partial charge in [-0.1, -0.05) is 78.9 Å². The zero-order chi connectivity index (χ0) is 29.3. The van der Waals surface area contributed by atoms with Crippen LogP contribution in [0.25, 0.3) is 11.1 Å². The van der Waals surface area contributed by atoms with E-state index in [2.05, 4.69) is 4.74 Å². The van der Waals surface area contributed by atoms with Crippen LogP contribution in [0.3, 0.4) is 0 Å². The summed E-state index contributed by atoms with van der Waals surface area (Å²) in [5, 5.41) is 0. The number of hydrogen-bond donors (Lipinski definition) is 0. The first-order valence-corrected chi connectivity index (χ1v) is 12.5. The maximum Gasteiger partial charge on any atom is 0.410 e. The molecule has 0 aliphatic heterocycles. The van der Waals surface area contributed by atoms with Gasteiger partial charge in [0.25, 0.3) is 0 Å². The molecule has 0 aromatic heterocycles. The predicted molar refractivity (Wildman–Crippen MR) is 139 cm³/mol. The Balaban J connectivity index is 1.38. The monoisotopic (exact) mass is 567 g/mol. The molecule has 1 amide bonds. The van der Waals surface area contributed by atoms with Gasteiger partial charge in [-0.3, -0.25) is 4.90 Å². The van der Waals surface area contributed by atoms with Gasteiger partial charge in [0.15, 0.2) is 0 Å². The van der Waals surface area contributed by atoms with Gasteiger partial charge in [0.1, 0.15) is 12.6 Å². The Morgan fingerprint density at radius 3 is 1.78 bits per heavy atom. The van der Waals surface area contributed by atoms with Crippen LogP contribution in [0.4, 0.5) is 26.7 Å². The molecule has 10 heteroatoms. The molecule has 0 fully saturated rings. The lowest BCUT2D eigenvalue weighted by atomic mass is 9.98. The maximum absolute atomic E-state index is 14.2. The largest absolute Gasteiger partial charge is 0.448 e. The standard InChI is InChI=1S/C31H22F5NO4/c1-37(31(39)40-16-22-20-13-7-5-11-18(20)19-12-6-8-14-21(19)22)23(15-17-9-3-2-4-10-17)30(38)41-29-27(35)25(33)24(32)26(34)28(29)36/h2-14,22-23H,15-16H2,1H3/t23-/m0/s1. The van der Waals surface area contributed by atoms with Crippen LogP contribution in [-0.2, 0) is 16.0 Å². The fraction of sp³-hybridized carbons (Fsp3) is 0.161. The second kappa shape index (κ2) is 11.4. The van der Waals surface area contributed by atoms with Crippen molar-refractivity contribution in [3.63, 3.8) is 0 Å². The summed E-state index contributed by atoms with van der Waals surface area (Å²) in [6.45, 7) is -0.0814. The number of hydrogen-bond acceptors (Lipinski definition) is 4. The minimum atomic E-state index is -2.39. The molecule has 0 unspecified atom stereocenters. The van der Waals surface area contributed by atoms with Crippen LogP contribution >= 0.6 is 0 Å². The van der Waals surface area contributed by atoms with Crippen molar-refractivity contribution < 1.29 is 41.0 Å². The van der Waals surface area contributed by atoms with Gasteiger partial charge >= 0.3 is 12.1 Å². The molecule has 4 aromatic carbocycles. The summed E-state index contributed by atoms with van der Waals surface area (Å²) in [6, 6.07) is 22.1. The number of esters is 1. The van der Waals surface area contributed by atoms with E-state index in [0.29, 0.717) is 5.56 Å². The number of carbonyl (C=O) groups excluding carboxylic acids is 2. The quantitative estimate of drug-likeness (QED) is 0.0813. The maximum atomic E-state index is 14.2. The number of amides is 1. The van der Waals surface area contributed by atoms with Gasteiger partial charge in [0, 0.05) is 19.4 Å². The molecule has 0 radical (unpaired) electrons. The summed E-state index contributed by atoms with van der Waals surface area (Å²) in [6.07, 6.45) is -1.15. The van der Waals surface area contributed by atoms with Crippen molar-refractivity contribution in [2.24, 2.45) is 0 Å². The smallest absolute Gasteiger partial charge is 0.410 e. The van der Waals surface area contributed by atoms with Gasteiger partial charge < -0.3 is 9.47 Å². The van der Waals surface area contributed by atoms with Crippen molar-refractivity contribution in [3.8, 4) is 16.9 Å². The van der Waals surface area contributed by atoms with Crippen molar-refractivity contribution in [1.82, 2.24) is 4.90 Å². The SMILES string of the molecule is CN(C(=O)OCC1c2ccccc2-c2ccccc21)[C@@H](Cc1ccccc1)C(=O)Oc1c(F)c(F)c(F)c(F)c1F. The van der Waals surface area contributed by atoms with E-state index in [0.717, 1.165) is 27.2 Å². The van der Waals surface area contributed by atoms with Crippen LogP contribution in [0, 0.1) is 29.1 Å². The third-order valence-electron chi connectivity index (χ3n) is 7.01. The van der Waals surface area contributed by atoms with Crippen LogP contribution in [-0.4, -0.2) is 36.7 Å². The summed E-state index contributed by atoms with van der Waals surface area (Å²) < 4.78 is 79.7. The molecule has 0 N–H and O–H groups in total. The highest BCUT2D eigenvalue weighted by Crippen LogP contribution is 2.44. The Morgan fingerprint density at radius 2 is 1.22 bits per heavy atom. The van der Waals surface area contributed by atoms with Crippen LogP contribution < -0.4 is 4.74 Å². The van der Waals surface area contributed by atoms with Gasteiger partial charge in [-0.05, 0) is 27.8 Å². The molecule has 1 aliphatic rings. The molecule has 0 heterocycles. The topological polar surface area (TPSA) is 55.8 Å². The molecule has 1 aliphatic carbocycles. The molecule has 0 saturated heterocycles. The molecular formula is C31H22F5NO4. The average Bonchev–Trinajstić information content (AvgIpc) is 3.32. The summed E-state index contributed by atoms with van der Waals surface area (Å²) in [4.78, 5) is 27.2.